The molecule has 0 amide bonds. The van der Waals surface area contributed by atoms with E-state index in [0.717, 1.165) is 16.5 Å². The molecule has 1 aliphatic rings. The molecule has 1 aliphatic heterocycles. The SMILES string of the molecule is CC.Cc1nccc2c(S(=O)(=O)N3CCNCC3C)cbcc12. The van der Waals surface area contributed by atoms with Gasteiger partial charge in [0.15, 0.2) is 0 Å². The molecule has 0 spiro atoms. The number of piperazine rings is 1. The zero-order valence-corrected chi connectivity index (χ0v) is 15.0. The Morgan fingerprint density at radius 1 is 1.30 bits per heavy atom. The van der Waals surface area contributed by atoms with Crippen molar-refractivity contribution in [2.45, 2.75) is 38.6 Å². The van der Waals surface area contributed by atoms with Crippen molar-refractivity contribution in [3.8, 4) is 0 Å². The summed E-state index contributed by atoms with van der Waals surface area (Å²) >= 11 is 0. The summed E-state index contributed by atoms with van der Waals surface area (Å²) in [5.74, 6) is 3.60. The Bertz CT molecular complexity index is 780. The van der Waals surface area contributed by atoms with Gasteiger partial charge in [-0.2, -0.15) is 0 Å². The van der Waals surface area contributed by atoms with Gasteiger partial charge in [0.05, 0.1) is 0 Å². The summed E-state index contributed by atoms with van der Waals surface area (Å²) in [6.07, 6.45) is 1.66. The summed E-state index contributed by atoms with van der Waals surface area (Å²) in [7, 11) is -3.49. The Hall–Kier alpha value is -1.31. The Morgan fingerprint density at radius 2 is 2.04 bits per heavy atom. The molecule has 1 saturated heterocycles. The van der Waals surface area contributed by atoms with Crippen LogP contribution < -0.4 is 5.32 Å². The van der Waals surface area contributed by atoms with Gasteiger partial charge in [0.1, 0.15) is 0 Å². The molecule has 3 rings (SSSR count). The van der Waals surface area contributed by atoms with Gasteiger partial charge in [-0.25, -0.2) is 0 Å². The maximum atomic E-state index is 13.0. The number of hydrogen-bond donors (Lipinski definition) is 1. The fourth-order valence-corrected chi connectivity index (χ4v) is 4.69. The van der Waals surface area contributed by atoms with Crippen molar-refractivity contribution in [1.82, 2.24) is 14.6 Å². The van der Waals surface area contributed by atoms with Crippen LogP contribution in [0, 0.1) is 6.92 Å². The summed E-state index contributed by atoms with van der Waals surface area (Å²) in [5.41, 5.74) is 0.845. The van der Waals surface area contributed by atoms with Crippen LogP contribution in [0.25, 0.3) is 10.8 Å². The average molecular weight is 333 g/mol. The summed E-state index contributed by atoms with van der Waals surface area (Å²) in [4.78, 5) is 4.61. The molecule has 23 heavy (non-hydrogen) atoms. The van der Waals surface area contributed by atoms with Gasteiger partial charge in [-0.3, -0.25) is 0 Å². The minimum atomic E-state index is -3.49. The van der Waals surface area contributed by atoms with Crippen LogP contribution in [0.5, 0.6) is 0 Å². The fourth-order valence-electron chi connectivity index (χ4n) is 2.86. The second kappa shape index (κ2) is 7.51. The molecule has 0 radical (unpaired) electrons. The number of fused-ring (bicyclic) bond motifs is 1. The van der Waals surface area contributed by atoms with Gasteiger partial charge in [0.25, 0.3) is 0 Å². The molecule has 0 aromatic carbocycles. The third kappa shape index (κ3) is 3.46. The van der Waals surface area contributed by atoms with Crippen molar-refractivity contribution < 1.29 is 8.42 Å². The van der Waals surface area contributed by atoms with E-state index in [9.17, 15) is 8.42 Å². The minimum absolute atomic E-state index is 0.0399. The van der Waals surface area contributed by atoms with Gasteiger partial charge >= 0.3 is 125 Å². The second-order valence-corrected chi connectivity index (χ2v) is 7.28. The van der Waals surface area contributed by atoms with Crippen LogP contribution in [-0.2, 0) is 10.0 Å². The maximum absolute atomic E-state index is 13.0. The molecule has 5 nitrogen and oxygen atoms in total. The van der Waals surface area contributed by atoms with Crippen molar-refractivity contribution in [1.29, 1.82) is 0 Å². The first-order valence-electron chi connectivity index (χ1n) is 8.08. The van der Waals surface area contributed by atoms with E-state index in [2.05, 4.69) is 10.3 Å². The third-order valence-electron chi connectivity index (χ3n) is 3.99. The third-order valence-corrected chi connectivity index (χ3v) is 6.06. The van der Waals surface area contributed by atoms with Crippen molar-refractivity contribution in [3.05, 3.63) is 29.9 Å². The van der Waals surface area contributed by atoms with Crippen molar-refractivity contribution >= 4 is 27.7 Å². The summed E-state index contributed by atoms with van der Waals surface area (Å²) in [5, 5.41) is 4.85. The van der Waals surface area contributed by atoms with Gasteiger partial charge in [-0.15, -0.1) is 0 Å². The van der Waals surface area contributed by atoms with Crippen molar-refractivity contribution in [2.24, 2.45) is 0 Å². The van der Waals surface area contributed by atoms with Gasteiger partial charge in [0.2, 0.25) is 0 Å². The van der Waals surface area contributed by atoms with E-state index in [1.807, 2.05) is 33.7 Å². The first-order valence-corrected chi connectivity index (χ1v) is 9.53. The Labute approximate surface area is 139 Å². The van der Waals surface area contributed by atoms with E-state index in [-0.39, 0.29) is 6.04 Å². The number of nitrogens with zero attached hydrogens (tertiary/aromatic N) is 2. The average Bonchev–Trinajstić information content (AvgIpc) is 2.57. The van der Waals surface area contributed by atoms with Gasteiger partial charge in [-0.05, 0) is 0 Å². The molecule has 2 aromatic heterocycles. The van der Waals surface area contributed by atoms with Gasteiger partial charge in [0, 0.05) is 0 Å². The van der Waals surface area contributed by atoms with Crippen LogP contribution in [0.3, 0.4) is 0 Å². The number of nitrogens with one attached hydrogen (secondary N) is 1. The van der Waals surface area contributed by atoms with Crippen LogP contribution >= 0.6 is 0 Å². The topological polar surface area (TPSA) is 62.3 Å². The molecule has 2 aromatic rings. The summed E-state index contributed by atoms with van der Waals surface area (Å²) in [6.45, 7) is 11.5. The number of rotatable bonds is 2. The first kappa shape index (κ1) is 18.0. The van der Waals surface area contributed by atoms with E-state index < -0.39 is 10.0 Å². The van der Waals surface area contributed by atoms with Crippen LogP contribution in [0.2, 0.25) is 0 Å². The summed E-state index contributed by atoms with van der Waals surface area (Å²) < 4.78 is 27.6. The Kier molecular flexibility index (Phi) is 5.89. The monoisotopic (exact) mass is 333 g/mol. The predicted molar refractivity (Wildman–Crippen MR) is 95.4 cm³/mol. The molecule has 1 fully saturated rings. The van der Waals surface area contributed by atoms with E-state index in [4.69, 9.17) is 0 Å². The first-order chi connectivity index (χ1) is 11.0. The standard InChI is InChI=1S/C14H18BN3O2S.C2H6/c1-10-9-16-5-6-18(10)21(19,20)14-8-15-7-13-11(2)17-4-3-12(13)14;1-2/h3-4,7-8,10,16H,5-6,9H2,1-2H3;1-2H3. The van der Waals surface area contributed by atoms with Crippen LogP contribution in [-0.4, -0.2) is 50.3 Å². The Morgan fingerprint density at radius 3 is 2.74 bits per heavy atom. The number of aryl methyl sites for hydroxylation is 1. The Balaban J connectivity index is 0.000000924. The molecule has 3 heterocycles. The predicted octanol–water partition coefficient (Wildman–Crippen LogP) is 1.89. The molecule has 124 valence electrons. The molecule has 0 aliphatic carbocycles. The second-order valence-electron chi connectivity index (χ2n) is 5.42. The number of hydrogen-bond acceptors (Lipinski definition) is 4. The molecule has 1 unspecified atom stereocenters. The zero-order valence-electron chi connectivity index (χ0n) is 14.2. The van der Waals surface area contributed by atoms with Gasteiger partial charge in [-0.1, -0.05) is 13.8 Å². The molecule has 0 saturated carbocycles. The molecule has 0 bridgehead atoms. The van der Waals surface area contributed by atoms with Crippen LogP contribution in [0.1, 0.15) is 26.5 Å². The summed E-state index contributed by atoms with van der Waals surface area (Å²) in [6, 6.07) is 1.74. The van der Waals surface area contributed by atoms with E-state index in [0.29, 0.717) is 24.5 Å². The number of aromatic nitrogens is 1. The molecule has 1 atom stereocenters. The van der Waals surface area contributed by atoms with Crippen molar-refractivity contribution in [2.75, 3.05) is 19.6 Å². The molecular weight excluding hydrogens is 309 g/mol. The van der Waals surface area contributed by atoms with E-state index in [1.54, 1.807) is 29.4 Å². The normalized spacial score (nSPS) is 19.0. The quantitative estimate of drug-likeness (QED) is 0.912. The number of sulfonamides is 1. The van der Waals surface area contributed by atoms with E-state index >= 15 is 0 Å². The van der Waals surface area contributed by atoms with Crippen LogP contribution in [0.4, 0.5) is 0 Å². The zero-order chi connectivity index (χ0) is 17.0. The fraction of sp³-hybridized carbons (Fsp3) is 0.500. The molecule has 1 N–H and O–H groups in total. The molecule has 7 heteroatoms. The number of pyridine rings is 1. The molecular formula is C16H24BN3O2S. The van der Waals surface area contributed by atoms with Gasteiger partial charge < -0.3 is 0 Å². The van der Waals surface area contributed by atoms with Crippen LogP contribution in [0.15, 0.2) is 29.1 Å². The van der Waals surface area contributed by atoms with Crippen molar-refractivity contribution in [3.63, 3.8) is 0 Å². The van der Waals surface area contributed by atoms with E-state index in [1.165, 1.54) is 0 Å².